The monoisotopic (exact) mass is 460 g/mol. The number of H-pyrrole nitrogens is 1. The van der Waals surface area contributed by atoms with E-state index in [4.69, 9.17) is 8.83 Å². The SMILES string of the molecule is N#Cc1nc(-c2ccco2)oc1N1CCN(C(=O)CSc2ncc(-c3ccccc3)[nH]2)CC1. The van der Waals surface area contributed by atoms with Crippen LogP contribution in [0.25, 0.3) is 22.9 Å². The Morgan fingerprint density at radius 2 is 1.97 bits per heavy atom. The minimum atomic E-state index is 0.0478. The maximum Gasteiger partial charge on any atom is 0.266 e. The highest BCUT2D eigenvalue weighted by atomic mass is 32.2. The number of amides is 1. The van der Waals surface area contributed by atoms with E-state index in [1.807, 2.05) is 40.1 Å². The maximum atomic E-state index is 12.7. The first-order valence-corrected chi connectivity index (χ1v) is 11.4. The predicted octanol–water partition coefficient (Wildman–Crippen LogP) is 3.64. The van der Waals surface area contributed by atoms with Crippen molar-refractivity contribution in [1.82, 2.24) is 19.9 Å². The largest absolute Gasteiger partial charge is 0.459 e. The van der Waals surface area contributed by atoms with Crippen molar-refractivity contribution in [2.24, 2.45) is 0 Å². The van der Waals surface area contributed by atoms with E-state index in [2.05, 4.69) is 21.0 Å². The molecule has 4 aromatic rings. The first-order chi connectivity index (χ1) is 16.2. The lowest BCUT2D eigenvalue weighted by Gasteiger charge is -2.34. The molecular weight excluding hydrogens is 440 g/mol. The van der Waals surface area contributed by atoms with Crippen LogP contribution in [-0.4, -0.2) is 57.7 Å². The van der Waals surface area contributed by atoms with Gasteiger partial charge >= 0.3 is 0 Å². The Bertz CT molecular complexity index is 1270. The van der Waals surface area contributed by atoms with E-state index in [0.717, 1.165) is 11.3 Å². The van der Waals surface area contributed by atoms with Gasteiger partial charge in [0.05, 0.1) is 23.9 Å². The minimum absolute atomic E-state index is 0.0478. The number of anilines is 1. The van der Waals surface area contributed by atoms with Crippen LogP contribution >= 0.6 is 11.8 Å². The highest BCUT2D eigenvalue weighted by molar-refractivity contribution is 7.99. The number of nitriles is 1. The number of carbonyl (C=O) groups excluding carboxylic acids is 1. The number of furan rings is 1. The zero-order valence-corrected chi connectivity index (χ0v) is 18.4. The van der Waals surface area contributed by atoms with E-state index in [0.29, 0.717) is 48.7 Å². The summed E-state index contributed by atoms with van der Waals surface area (Å²) in [4.78, 5) is 28.3. The summed E-state index contributed by atoms with van der Waals surface area (Å²) in [6.45, 7) is 2.18. The summed E-state index contributed by atoms with van der Waals surface area (Å²) in [5.41, 5.74) is 2.19. The molecule has 0 atom stereocenters. The van der Waals surface area contributed by atoms with Crippen LogP contribution in [0.2, 0.25) is 0 Å². The van der Waals surface area contributed by atoms with Crippen LogP contribution in [0.4, 0.5) is 5.88 Å². The van der Waals surface area contributed by atoms with Crippen LogP contribution in [0.5, 0.6) is 0 Å². The van der Waals surface area contributed by atoms with E-state index >= 15 is 0 Å². The van der Waals surface area contributed by atoms with Gasteiger partial charge in [-0.05, 0) is 17.7 Å². The number of aromatic amines is 1. The molecule has 0 bridgehead atoms. The van der Waals surface area contributed by atoms with Crippen LogP contribution in [0, 0.1) is 11.3 Å². The molecule has 33 heavy (non-hydrogen) atoms. The summed E-state index contributed by atoms with van der Waals surface area (Å²) in [7, 11) is 0. The summed E-state index contributed by atoms with van der Waals surface area (Å²) in [6.07, 6.45) is 3.31. The molecule has 166 valence electrons. The fourth-order valence-electron chi connectivity index (χ4n) is 3.63. The van der Waals surface area contributed by atoms with Crippen molar-refractivity contribution < 1.29 is 13.6 Å². The molecule has 0 radical (unpaired) electrons. The summed E-state index contributed by atoms with van der Waals surface area (Å²) in [6, 6.07) is 15.5. The van der Waals surface area contributed by atoms with Crippen molar-refractivity contribution in [3.63, 3.8) is 0 Å². The molecule has 5 rings (SSSR count). The molecule has 4 heterocycles. The van der Waals surface area contributed by atoms with Gasteiger partial charge in [0.25, 0.3) is 5.89 Å². The fraction of sp³-hybridized carbons (Fsp3) is 0.217. The molecule has 9 nitrogen and oxygen atoms in total. The van der Waals surface area contributed by atoms with Crippen molar-refractivity contribution in [1.29, 1.82) is 5.26 Å². The second-order valence-electron chi connectivity index (χ2n) is 7.39. The van der Waals surface area contributed by atoms with E-state index in [9.17, 15) is 10.1 Å². The smallest absolute Gasteiger partial charge is 0.266 e. The average molecular weight is 461 g/mol. The van der Waals surface area contributed by atoms with Gasteiger partial charge in [-0.15, -0.1) is 0 Å². The third-order valence-corrected chi connectivity index (χ3v) is 6.21. The number of hydrogen-bond donors (Lipinski definition) is 1. The zero-order chi connectivity index (χ0) is 22.6. The number of nitrogens with one attached hydrogen (secondary N) is 1. The molecule has 0 spiro atoms. The van der Waals surface area contributed by atoms with Crippen molar-refractivity contribution in [3.05, 3.63) is 60.6 Å². The molecule has 1 aromatic carbocycles. The van der Waals surface area contributed by atoms with Crippen LogP contribution < -0.4 is 4.90 Å². The molecule has 1 N–H and O–H groups in total. The highest BCUT2D eigenvalue weighted by Crippen LogP contribution is 2.29. The molecular formula is C23H20N6O3S. The Morgan fingerprint density at radius 1 is 1.15 bits per heavy atom. The van der Waals surface area contributed by atoms with E-state index < -0.39 is 0 Å². The number of oxazole rings is 1. The Morgan fingerprint density at radius 3 is 2.70 bits per heavy atom. The second kappa shape index (κ2) is 9.26. The molecule has 0 aliphatic carbocycles. The molecule has 10 heteroatoms. The van der Waals surface area contributed by atoms with Crippen molar-refractivity contribution >= 4 is 23.6 Å². The number of rotatable bonds is 6. The van der Waals surface area contributed by atoms with Crippen molar-refractivity contribution in [2.45, 2.75) is 5.16 Å². The normalized spacial score (nSPS) is 13.8. The van der Waals surface area contributed by atoms with Gasteiger partial charge in [-0.2, -0.15) is 10.2 Å². The summed E-state index contributed by atoms with van der Waals surface area (Å²) >= 11 is 1.39. The second-order valence-corrected chi connectivity index (χ2v) is 8.35. The van der Waals surface area contributed by atoms with Crippen molar-refractivity contribution in [3.8, 4) is 29.0 Å². The first kappa shape index (κ1) is 20.9. The van der Waals surface area contributed by atoms with Gasteiger partial charge in [0.2, 0.25) is 17.5 Å². The molecule has 0 unspecified atom stereocenters. The number of carbonyl (C=O) groups is 1. The lowest BCUT2D eigenvalue weighted by molar-refractivity contribution is -0.128. The third kappa shape index (κ3) is 4.49. The minimum Gasteiger partial charge on any atom is -0.459 e. The summed E-state index contributed by atoms with van der Waals surface area (Å²) in [5.74, 6) is 1.50. The zero-order valence-electron chi connectivity index (χ0n) is 17.6. The number of benzene rings is 1. The molecule has 1 amide bonds. The fourth-order valence-corrected chi connectivity index (χ4v) is 4.38. The van der Waals surface area contributed by atoms with Gasteiger partial charge in [0.15, 0.2) is 10.9 Å². The third-order valence-electron chi connectivity index (χ3n) is 5.34. The Kier molecular flexibility index (Phi) is 5.87. The van der Waals surface area contributed by atoms with Crippen LogP contribution in [0.3, 0.4) is 0 Å². The number of thioether (sulfide) groups is 1. The predicted molar refractivity (Wildman–Crippen MR) is 122 cm³/mol. The van der Waals surface area contributed by atoms with E-state index in [1.54, 1.807) is 18.3 Å². The number of piperazine rings is 1. The topological polar surface area (TPSA) is 115 Å². The maximum absolute atomic E-state index is 12.7. The lowest BCUT2D eigenvalue weighted by atomic mass is 10.2. The van der Waals surface area contributed by atoms with Gasteiger partial charge in [-0.3, -0.25) is 4.79 Å². The van der Waals surface area contributed by atoms with Crippen molar-refractivity contribution in [2.75, 3.05) is 36.8 Å². The molecule has 0 saturated carbocycles. The first-order valence-electron chi connectivity index (χ1n) is 10.4. The number of aromatic nitrogens is 3. The van der Waals surface area contributed by atoms with Crippen LogP contribution in [0.1, 0.15) is 5.69 Å². The van der Waals surface area contributed by atoms with E-state index in [1.165, 1.54) is 18.0 Å². The van der Waals surface area contributed by atoms with Gasteiger partial charge in [0, 0.05) is 26.2 Å². The van der Waals surface area contributed by atoms with Gasteiger partial charge in [-0.25, -0.2) is 4.98 Å². The molecule has 1 aliphatic heterocycles. The lowest BCUT2D eigenvalue weighted by Crippen LogP contribution is -2.49. The van der Waals surface area contributed by atoms with Gasteiger partial charge < -0.3 is 23.6 Å². The Balaban J connectivity index is 1.16. The van der Waals surface area contributed by atoms with Gasteiger partial charge in [0.1, 0.15) is 6.07 Å². The number of hydrogen-bond acceptors (Lipinski definition) is 8. The molecule has 3 aromatic heterocycles. The highest BCUT2D eigenvalue weighted by Gasteiger charge is 2.27. The Hall–Kier alpha value is -3.97. The number of nitrogens with zero attached hydrogens (tertiary/aromatic N) is 5. The van der Waals surface area contributed by atoms with E-state index in [-0.39, 0.29) is 17.5 Å². The summed E-state index contributed by atoms with van der Waals surface area (Å²) < 4.78 is 11.1. The molecule has 1 fully saturated rings. The van der Waals surface area contributed by atoms with Gasteiger partial charge in [-0.1, -0.05) is 42.1 Å². The molecule has 1 aliphatic rings. The quantitative estimate of drug-likeness (QED) is 0.434. The number of imidazole rings is 1. The standard InChI is InChI=1S/C23H20N6O3S/c24-13-17-22(32-21(26-17)19-7-4-12-31-19)29-10-8-28(9-11-29)20(30)15-33-23-25-14-18(27-23)16-5-2-1-3-6-16/h1-7,12,14H,8-11,15H2,(H,25,27). The summed E-state index contributed by atoms with van der Waals surface area (Å²) in [5, 5.41) is 10.2. The Labute approximate surface area is 194 Å². The van der Waals surface area contributed by atoms with Crippen LogP contribution in [-0.2, 0) is 4.79 Å². The average Bonchev–Trinajstić information content (AvgIpc) is 3.63. The molecule has 1 saturated heterocycles. The van der Waals surface area contributed by atoms with Crippen LogP contribution in [0.15, 0.2) is 68.9 Å².